The van der Waals surface area contributed by atoms with Crippen LogP contribution < -0.4 is 0 Å². The van der Waals surface area contributed by atoms with Crippen molar-refractivity contribution in [1.29, 1.82) is 0 Å². The molecule has 0 radical (unpaired) electrons. The zero-order valence-electron chi connectivity index (χ0n) is 11.2. The lowest BCUT2D eigenvalue weighted by Crippen LogP contribution is -2.13. The summed E-state index contributed by atoms with van der Waals surface area (Å²) >= 11 is 0. The van der Waals surface area contributed by atoms with E-state index in [0.29, 0.717) is 12.4 Å². The molecule has 92 valence electrons. The van der Waals surface area contributed by atoms with E-state index in [1.807, 2.05) is 6.92 Å². The Bertz CT molecular complexity index is 417. The van der Waals surface area contributed by atoms with Gasteiger partial charge in [-0.25, -0.2) is 4.99 Å². The second-order valence-corrected chi connectivity index (χ2v) is 5.30. The Labute approximate surface area is 104 Å². The van der Waals surface area contributed by atoms with Crippen molar-refractivity contribution < 1.29 is 4.74 Å². The molecule has 0 spiro atoms. The van der Waals surface area contributed by atoms with Crippen molar-refractivity contribution in [2.75, 3.05) is 6.54 Å². The van der Waals surface area contributed by atoms with Crippen LogP contribution in [0.3, 0.4) is 0 Å². The first-order valence-electron chi connectivity index (χ1n) is 5.76. The molecular formula is C15H21NO. The number of ether oxygens (including phenoxy) is 1. The van der Waals surface area contributed by atoms with Crippen molar-refractivity contribution in [3.63, 3.8) is 0 Å². The Morgan fingerprint density at radius 3 is 2.53 bits per heavy atom. The van der Waals surface area contributed by atoms with Crippen LogP contribution in [0.2, 0.25) is 0 Å². The van der Waals surface area contributed by atoms with E-state index in [1.165, 1.54) is 0 Å². The summed E-state index contributed by atoms with van der Waals surface area (Å²) in [4.78, 5) is 4.35. The van der Waals surface area contributed by atoms with Gasteiger partial charge in [0.1, 0.15) is 5.76 Å². The van der Waals surface area contributed by atoms with Crippen LogP contribution in [0.1, 0.15) is 27.7 Å². The van der Waals surface area contributed by atoms with Gasteiger partial charge in [-0.2, -0.15) is 0 Å². The molecule has 0 saturated carbocycles. The molecule has 1 heterocycles. The quantitative estimate of drug-likeness (QED) is 0.718. The van der Waals surface area contributed by atoms with Crippen molar-refractivity contribution in [3.05, 3.63) is 48.3 Å². The van der Waals surface area contributed by atoms with Gasteiger partial charge in [0.2, 0.25) is 5.90 Å². The van der Waals surface area contributed by atoms with Gasteiger partial charge in [0.05, 0.1) is 6.54 Å². The second-order valence-electron chi connectivity index (χ2n) is 5.30. The van der Waals surface area contributed by atoms with Gasteiger partial charge in [-0.3, -0.25) is 0 Å². The van der Waals surface area contributed by atoms with Gasteiger partial charge in [-0.05, 0) is 18.4 Å². The Kier molecular flexibility index (Phi) is 4.11. The smallest absolute Gasteiger partial charge is 0.217 e. The summed E-state index contributed by atoms with van der Waals surface area (Å²) in [6.07, 6.45) is 5.94. The molecule has 0 aromatic rings. The van der Waals surface area contributed by atoms with Gasteiger partial charge in [-0.1, -0.05) is 46.1 Å². The van der Waals surface area contributed by atoms with Gasteiger partial charge in [0, 0.05) is 11.1 Å². The molecule has 0 N–H and O–H groups in total. The molecule has 0 aromatic carbocycles. The molecule has 0 aromatic heterocycles. The molecule has 0 amide bonds. The highest BCUT2D eigenvalue weighted by molar-refractivity contribution is 5.94. The number of aliphatic imine (C=N–C) groups is 1. The van der Waals surface area contributed by atoms with Crippen molar-refractivity contribution in [3.8, 4) is 0 Å². The summed E-state index contributed by atoms with van der Waals surface area (Å²) in [6, 6.07) is 0. The summed E-state index contributed by atoms with van der Waals surface area (Å²) in [5.41, 5.74) is 2.04. The van der Waals surface area contributed by atoms with E-state index in [1.54, 1.807) is 6.08 Å². The molecule has 0 atom stereocenters. The molecule has 2 heteroatoms. The Morgan fingerprint density at radius 1 is 1.41 bits per heavy atom. The topological polar surface area (TPSA) is 21.6 Å². The average molecular weight is 231 g/mol. The van der Waals surface area contributed by atoms with Gasteiger partial charge in [0.25, 0.3) is 0 Å². The SMILES string of the molecule is C=CC1=C(/C=C/C(C)(C)C)CN=C(C(=C)C)O1. The van der Waals surface area contributed by atoms with Crippen LogP contribution in [0.5, 0.6) is 0 Å². The third-order valence-electron chi connectivity index (χ3n) is 2.25. The zero-order chi connectivity index (χ0) is 13.1. The largest absolute Gasteiger partial charge is 0.439 e. The van der Waals surface area contributed by atoms with Crippen LogP contribution in [-0.4, -0.2) is 12.4 Å². The lowest BCUT2D eigenvalue weighted by Gasteiger charge is -2.18. The summed E-state index contributed by atoms with van der Waals surface area (Å²) < 4.78 is 5.64. The molecule has 17 heavy (non-hydrogen) atoms. The first kappa shape index (κ1) is 13.5. The zero-order valence-corrected chi connectivity index (χ0v) is 11.2. The average Bonchev–Trinajstić information content (AvgIpc) is 2.24. The molecule has 0 unspecified atom stereocenters. The first-order chi connectivity index (χ1) is 7.83. The molecule has 1 aliphatic rings. The fraction of sp³-hybridized carbons (Fsp3) is 0.400. The molecule has 0 aliphatic carbocycles. The minimum absolute atomic E-state index is 0.150. The molecule has 1 rings (SSSR count). The van der Waals surface area contributed by atoms with Gasteiger partial charge in [-0.15, -0.1) is 0 Å². The van der Waals surface area contributed by atoms with Crippen molar-refractivity contribution in [2.45, 2.75) is 27.7 Å². The maximum atomic E-state index is 5.64. The third-order valence-corrected chi connectivity index (χ3v) is 2.25. The molecular weight excluding hydrogens is 210 g/mol. The fourth-order valence-corrected chi connectivity index (χ4v) is 1.32. The molecule has 2 nitrogen and oxygen atoms in total. The predicted octanol–water partition coefficient (Wildman–Crippen LogP) is 4.03. The van der Waals surface area contributed by atoms with E-state index in [0.717, 1.165) is 16.9 Å². The van der Waals surface area contributed by atoms with Crippen LogP contribution >= 0.6 is 0 Å². The third kappa shape index (κ3) is 4.06. The van der Waals surface area contributed by atoms with E-state index in [4.69, 9.17) is 4.74 Å². The van der Waals surface area contributed by atoms with E-state index in [2.05, 4.69) is 51.1 Å². The van der Waals surface area contributed by atoms with Crippen LogP contribution in [0.25, 0.3) is 0 Å². The Morgan fingerprint density at radius 2 is 2.06 bits per heavy atom. The van der Waals surface area contributed by atoms with E-state index >= 15 is 0 Å². The molecule has 0 saturated heterocycles. The van der Waals surface area contributed by atoms with E-state index in [-0.39, 0.29) is 5.41 Å². The van der Waals surface area contributed by atoms with Gasteiger partial charge < -0.3 is 4.74 Å². The summed E-state index contributed by atoms with van der Waals surface area (Å²) in [5, 5.41) is 0. The Hall–Kier alpha value is -1.57. The summed E-state index contributed by atoms with van der Waals surface area (Å²) in [6.45, 7) is 16.6. The van der Waals surface area contributed by atoms with Gasteiger partial charge >= 0.3 is 0 Å². The number of allylic oxidation sites excluding steroid dienone is 2. The van der Waals surface area contributed by atoms with Crippen LogP contribution in [-0.2, 0) is 4.74 Å². The minimum atomic E-state index is 0.150. The number of nitrogens with zero attached hydrogens (tertiary/aromatic N) is 1. The molecule has 1 aliphatic heterocycles. The number of hydrogen-bond donors (Lipinski definition) is 0. The van der Waals surface area contributed by atoms with Crippen LogP contribution in [0.4, 0.5) is 0 Å². The summed E-state index contributed by atoms with van der Waals surface area (Å²) in [5.74, 6) is 1.38. The number of rotatable bonds is 3. The van der Waals surface area contributed by atoms with E-state index < -0.39 is 0 Å². The maximum Gasteiger partial charge on any atom is 0.217 e. The lowest BCUT2D eigenvalue weighted by atomic mass is 9.95. The second kappa shape index (κ2) is 5.17. The highest BCUT2D eigenvalue weighted by Gasteiger charge is 2.14. The number of hydrogen-bond acceptors (Lipinski definition) is 2. The fourth-order valence-electron chi connectivity index (χ4n) is 1.32. The molecule has 0 bridgehead atoms. The van der Waals surface area contributed by atoms with Crippen molar-refractivity contribution >= 4 is 5.90 Å². The predicted molar refractivity (Wildman–Crippen MR) is 74.0 cm³/mol. The molecule has 0 fully saturated rings. The van der Waals surface area contributed by atoms with Crippen molar-refractivity contribution in [2.24, 2.45) is 10.4 Å². The minimum Gasteiger partial charge on any atom is -0.439 e. The first-order valence-corrected chi connectivity index (χ1v) is 5.76. The Balaban J connectivity index is 2.90. The van der Waals surface area contributed by atoms with Crippen LogP contribution in [0.15, 0.2) is 53.3 Å². The van der Waals surface area contributed by atoms with Crippen LogP contribution in [0, 0.1) is 5.41 Å². The highest BCUT2D eigenvalue weighted by atomic mass is 16.5. The van der Waals surface area contributed by atoms with Gasteiger partial charge in [0.15, 0.2) is 0 Å². The maximum absolute atomic E-state index is 5.64. The highest BCUT2D eigenvalue weighted by Crippen LogP contribution is 2.21. The lowest BCUT2D eigenvalue weighted by molar-refractivity contribution is 0.417. The normalized spacial score (nSPS) is 16.8. The standard InChI is InChI=1S/C15H21NO/c1-7-13-12(8-9-15(4,5)6)10-16-14(17-13)11(2)3/h7-9H,1-2,10H2,3-6H3/b9-8+. The van der Waals surface area contributed by atoms with Crippen molar-refractivity contribution in [1.82, 2.24) is 0 Å². The summed E-state index contributed by atoms with van der Waals surface area (Å²) in [7, 11) is 0. The van der Waals surface area contributed by atoms with E-state index in [9.17, 15) is 0 Å². The monoisotopic (exact) mass is 231 g/mol.